The Morgan fingerprint density at radius 3 is 2.85 bits per heavy atom. The van der Waals surface area contributed by atoms with Gasteiger partial charge in [-0.3, -0.25) is 0 Å². The number of halogens is 1. The molecular weight excluding hydrogens is 392 g/mol. The molecule has 6 nitrogen and oxygen atoms in total. The fourth-order valence-corrected chi connectivity index (χ4v) is 6.16. The molecule has 0 fully saturated rings. The minimum absolute atomic E-state index is 0.0237. The van der Waals surface area contributed by atoms with E-state index in [1.807, 2.05) is 25.5 Å². The van der Waals surface area contributed by atoms with Crippen molar-refractivity contribution < 1.29 is 8.42 Å². The van der Waals surface area contributed by atoms with Crippen molar-refractivity contribution in [2.24, 2.45) is 0 Å². The first-order chi connectivity index (χ1) is 12.4. The summed E-state index contributed by atoms with van der Waals surface area (Å²) in [5.41, 5.74) is 1.47. The van der Waals surface area contributed by atoms with E-state index in [4.69, 9.17) is 11.6 Å². The predicted molar refractivity (Wildman–Crippen MR) is 105 cm³/mol. The molecular formula is C17H17ClN4O2S2. The molecule has 0 unspecified atom stereocenters. The molecule has 4 heterocycles. The Balaban J connectivity index is 1.91. The fourth-order valence-electron chi connectivity index (χ4n) is 2.99. The van der Waals surface area contributed by atoms with Gasteiger partial charge in [0.2, 0.25) is 0 Å². The number of aromatic nitrogens is 3. The third kappa shape index (κ3) is 2.73. The molecule has 4 rings (SSSR count). The van der Waals surface area contributed by atoms with E-state index in [0.717, 1.165) is 23.9 Å². The van der Waals surface area contributed by atoms with Crippen molar-refractivity contribution in [1.82, 2.24) is 18.5 Å². The van der Waals surface area contributed by atoms with Gasteiger partial charge < -0.3 is 4.90 Å². The van der Waals surface area contributed by atoms with Crippen molar-refractivity contribution in [2.45, 2.75) is 11.3 Å². The number of likely N-dealkylation sites (N-methyl/N-ethyl adjacent to an activating group) is 1. The van der Waals surface area contributed by atoms with E-state index in [2.05, 4.69) is 10.00 Å². The molecule has 0 N–H and O–H groups in total. The second-order valence-electron chi connectivity index (χ2n) is 6.30. The average Bonchev–Trinajstić information content (AvgIpc) is 3.25. The topological polar surface area (TPSA) is 59.6 Å². The van der Waals surface area contributed by atoms with Crippen molar-refractivity contribution in [2.75, 3.05) is 20.6 Å². The molecule has 0 aliphatic rings. The molecule has 0 bridgehead atoms. The Morgan fingerprint density at radius 2 is 2.08 bits per heavy atom. The third-order valence-electron chi connectivity index (χ3n) is 4.26. The Hall–Kier alpha value is -1.87. The van der Waals surface area contributed by atoms with Crippen LogP contribution in [0.4, 0.5) is 0 Å². The maximum absolute atomic E-state index is 13.4. The lowest BCUT2D eigenvalue weighted by atomic mass is 10.2. The van der Waals surface area contributed by atoms with Gasteiger partial charge in [0, 0.05) is 24.3 Å². The van der Waals surface area contributed by atoms with Gasteiger partial charge in [0.05, 0.1) is 5.52 Å². The maximum atomic E-state index is 13.4. The summed E-state index contributed by atoms with van der Waals surface area (Å²) in [6.07, 6.45) is 4.16. The summed E-state index contributed by atoms with van der Waals surface area (Å²) in [5, 5.41) is 6.98. The van der Waals surface area contributed by atoms with Crippen LogP contribution in [0.1, 0.15) is 5.56 Å². The van der Waals surface area contributed by atoms with E-state index in [1.54, 1.807) is 30.6 Å². The first-order valence-corrected chi connectivity index (χ1v) is 10.7. The zero-order chi connectivity index (χ0) is 18.5. The molecule has 0 saturated heterocycles. The SMILES string of the molecule is CN(C)CCc1cn(S(=O)(=O)c2c(Cl)nn3ccccc23)c2sccc12. The van der Waals surface area contributed by atoms with Gasteiger partial charge in [-0.2, -0.15) is 5.10 Å². The highest BCUT2D eigenvalue weighted by molar-refractivity contribution is 7.90. The summed E-state index contributed by atoms with van der Waals surface area (Å²) in [7, 11) is 0.126. The number of hydrogen-bond acceptors (Lipinski definition) is 5. The summed E-state index contributed by atoms with van der Waals surface area (Å²) in [5.74, 6) is 0. The van der Waals surface area contributed by atoms with E-state index < -0.39 is 10.0 Å². The molecule has 0 amide bonds. The van der Waals surface area contributed by atoms with Crippen LogP contribution in [0.25, 0.3) is 15.7 Å². The van der Waals surface area contributed by atoms with Crippen molar-refractivity contribution in [1.29, 1.82) is 0 Å². The van der Waals surface area contributed by atoms with Crippen LogP contribution in [-0.4, -0.2) is 47.5 Å². The Kier molecular flexibility index (Phi) is 4.31. The zero-order valence-electron chi connectivity index (χ0n) is 14.3. The highest BCUT2D eigenvalue weighted by Crippen LogP contribution is 2.34. The first-order valence-electron chi connectivity index (χ1n) is 8.00. The largest absolute Gasteiger partial charge is 0.309 e. The lowest BCUT2D eigenvalue weighted by Gasteiger charge is -2.08. The molecule has 9 heteroatoms. The molecule has 4 aromatic heterocycles. The van der Waals surface area contributed by atoms with Crippen LogP contribution in [0.3, 0.4) is 0 Å². The third-order valence-corrected chi connectivity index (χ3v) is 7.39. The van der Waals surface area contributed by atoms with Gasteiger partial charge >= 0.3 is 0 Å². The van der Waals surface area contributed by atoms with Gasteiger partial charge in [0.1, 0.15) is 4.83 Å². The summed E-state index contributed by atoms with van der Waals surface area (Å²) in [6.45, 7) is 0.840. The summed E-state index contributed by atoms with van der Waals surface area (Å²) in [4.78, 5) is 2.81. The van der Waals surface area contributed by atoms with Crippen LogP contribution < -0.4 is 0 Å². The molecule has 136 valence electrons. The summed E-state index contributed by atoms with van der Waals surface area (Å²) < 4.78 is 29.7. The van der Waals surface area contributed by atoms with Crippen LogP contribution in [0, 0.1) is 0 Å². The normalized spacial score (nSPS) is 12.6. The fraction of sp³-hybridized carbons (Fsp3) is 0.235. The smallest absolute Gasteiger partial charge is 0.274 e. The van der Waals surface area contributed by atoms with Gasteiger partial charge in [-0.25, -0.2) is 16.9 Å². The van der Waals surface area contributed by atoms with Gasteiger partial charge in [0.25, 0.3) is 10.0 Å². The zero-order valence-corrected chi connectivity index (χ0v) is 16.6. The quantitative estimate of drug-likeness (QED) is 0.508. The molecule has 0 aromatic carbocycles. The number of thiophene rings is 1. The Bertz CT molecular complexity index is 1200. The van der Waals surface area contributed by atoms with E-state index in [9.17, 15) is 8.42 Å². The van der Waals surface area contributed by atoms with Crippen LogP contribution in [0.15, 0.2) is 46.9 Å². The molecule has 0 saturated carbocycles. The summed E-state index contributed by atoms with van der Waals surface area (Å²) >= 11 is 7.61. The second-order valence-corrected chi connectivity index (χ2v) is 9.30. The molecule has 4 aromatic rings. The maximum Gasteiger partial charge on any atom is 0.274 e. The van der Waals surface area contributed by atoms with Crippen molar-refractivity contribution in [3.05, 3.63) is 52.8 Å². The summed E-state index contributed by atoms with van der Waals surface area (Å²) in [6, 6.07) is 7.22. The van der Waals surface area contributed by atoms with Gasteiger partial charge in [-0.05, 0) is 49.7 Å². The van der Waals surface area contributed by atoms with E-state index in [0.29, 0.717) is 10.3 Å². The number of nitrogens with zero attached hydrogens (tertiary/aromatic N) is 4. The number of fused-ring (bicyclic) bond motifs is 2. The van der Waals surface area contributed by atoms with Gasteiger partial charge in [0.15, 0.2) is 10.0 Å². The average molecular weight is 409 g/mol. The monoisotopic (exact) mass is 408 g/mol. The number of pyridine rings is 1. The molecule has 0 atom stereocenters. The minimum Gasteiger partial charge on any atom is -0.309 e. The lowest BCUT2D eigenvalue weighted by Crippen LogP contribution is -2.15. The molecule has 26 heavy (non-hydrogen) atoms. The van der Waals surface area contributed by atoms with E-state index in [1.165, 1.54) is 19.8 Å². The van der Waals surface area contributed by atoms with Crippen molar-refractivity contribution in [3.63, 3.8) is 0 Å². The van der Waals surface area contributed by atoms with Crippen molar-refractivity contribution in [3.8, 4) is 0 Å². The molecule has 0 radical (unpaired) electrons. The Morgan fingerprint density at radius 1 is 1.27 bits per heavy atom. The van der Waals surface area contributed by atoms with Crippen LogP contribution in [0.5, 0.6) is 0 Å². The van der Waals surface area contributed by atoms with E-state index >= 15 is 0 Å². The standard InChI is InChI=1S/C17H17ClN4O2S2/c1-20(2)9-6-12-11-22(17-13(12)7-10-25-17)26(23,24)15-14-5-3-4-8-21(14)19-16(15)18/h3-5,7-8,10-11H,6,9H2,1-2H3. The van der Waals surface area contributed by atoms with Gasteiger partial charge in [-0.1, -0.05) is 17.7 Å². The molecule has 0 aliphatic carbocycles. The number of hydrogen-bond donors (Lipinski definition) is 0. The van der Waals surface area contributed by atoms with Gasteiger partial charge in [-0.15, -0.1) is 11.3 Å². The molecule has 0 spiro atoms. The predicted octanol–water partition coefficient (Wildman–Crippen LogP) is 3.35. The lowest BCUT2D eigenvalue weighted by molar-refractivity contribution is 0.414. The van der Waals surface area contributed by atoms with Crippen LogP contribution in [0.2, 0.25) is 5.15 Å². The van der Waals surface area contributed by atoms with Crippen molar-refractivity contribution >= 4 is 48.7 Å². The number of rotatable bonds is 5. The van der Waals surface area contributed by atoms with E-state index in [-0.39, 0.29) is 10.0 Å². The first kappa shape index (κ1) is 17.5. The second kappa shape index (κ2) is 6.38. The van der Waals surface area contributed by atoms with Crippen LogP contribution >= 0.6 is 22.9 Å². The highest BCUT2D eigenvalue weighted by atomic mass is 35.5. The highest BCUT2D eigenvalue weighted by Gasteiger charge is 2.29. The van der Waals surface area contributed by atoms with Crippen LogP contribution in [-0.2, 0) is 16.4 Å². The molecule has 0 aliphatic heterocycles. The minimum atomic E-state index is -3.87. The Labute approximate surface area is 160 Å².